The lowest BCUT2D eigenvalue weighted by Crippen LogP contribution is -2.54. The van der Waals surface area contributed by atoms with Gasteiger partial charge in [-0.2, -0.15) is 0 Å². The summed E-state index contributed by atoms with van der Waals surface area (Å²) in [5.74, 6) is -4.27. The zero-order chi connectivity index (χ0) is 30.9. The number of aromatic hydroxyl groups is 2. The fraction of sp³-hybridized carbons (Fsp3) is 0.533. The van der Waals surface area contributed by atoms with Crippen LogP contribution in [-0.4, -0.2) is 70.0 Å². The molecule has 4 N–H and O–H groups in total. The summed E-state index contributed by atoms with van der Waals surface area (Å²) in [7, 11) is 0. The zero-order valence-electron chi connectivity index (χ0n) is 25.1. The molecule has 2 heterocycles. The lowest BCUT2D eigenvalue weighted by atomic mass is 10.1. The molecule has 2 aliphatic heterocycles. The Labute approximate surface area is 247 Å². The number of carboxylic acids is 2. The summed E-state index contributed by atoms with van der Waals surface area (Å²) in [6, 6.07) is 4.13. The summed E-state index contributed by atoms with van der Waals surface area (Å²) in [5, 5.41) is 37.8. The van der Waals surface area contributed by atoms with Crippen LogP contribution in [0.5, 0.6) is 34.5 Å². The molecule has 0 atom stereocenters. The Morgan fingerprint density at radius 2 is 0.952 bits per heavy atom. The topological polar surface area (TPSA) is 152 Å². The van der Waals surface area contributed by atoms with Crippen LogP contribution in [-0.2, 0) is 0 Å². The Hall–Kier alpha value is -3.80. The molecule has 0 aliphatic carbocycles. The molecule has 0 saturated heterocycles. The molecule has 0 saturated carbocycles. The van der Waals surface area contributed by atoms with Gasteiger partial charge in [0.1, 0.15) is 11.5 Å². The van der Waals surface area contributed by atoms with Gasteiger partial charge < -0.3 is 43.5 Å². The fourth-order valence-electron chi connectivity index (χ4n) is 5.22. The average molecular weight is 589 g/mol. The van der Waals surface area contributed by atoms with Crippen LogP contribution in [0.3, 0.4) is 0 Å². The lowest BCUT2D eigenvalue weighted by molar-refractivity contribution is -0.929. The van der Waals surface area contributed by atoms with E-state index in [2.05, 4.69) is 27.7 Å². The highest BCUT2D eigenvalue weighted by molar-refractivity contribution is 6.59. The first kappa shape index (κ1) is 32.7. The minimum absolute atomic E-state index is 0.136. The molecule has 0 aromatic heterocycles. The minimum Gasteiger partial charge on any atom is -0.609 e. The molecule has 0 radical (unpaired) electrons. The van der Waals surface area contributed by atoms with Crippen LogP contribution >= 0.6 is 0 Å². The number of benzene rings is 2. The number of phenols is 2. The van der Waals surface area contributed by atoms with Gasteiger partial charge in [-0.05, 0) is 49.9 Å². The van der Waals surface area contributed by atoms with Crippen LogP contribution < -0.4 is 18.6 Å². The van der Waals surface area contributed by atoms with Crippen molar-refractivity contribution in [1.82, 2.24) is 0 Å². The van der Waals surface area contributed by atoms with Crippen LogP contribution in [0, 0.1) is 0 Å². The molecule has 11 nitrogen and oxygen atoms in total. The van der Waals surface area contributed by atoms with Crippen molar-refractivity contribution in [2.45, 2.75) is 79.1 Å². The Balaban J connectivity index is 0.000000252. The van der Waals surface area contributed by atoms with Crippen molar-refractivity contribution in [3.63, 3.8) is 0 Å². The maximum atomic E-state index is 11.0. The maximum absolute atomic E-state index is 11.0. The largest absolute Gasteiger partial charge is 0.777 e. The quantitative estimate of drug-likeness (QED) is 0.149. The second kappa shape index (κ2) is 14.4. The van der Waals surface area contributed by atoms with E-state index in [1.165, 1.54) is 82.0 Å². The van der Waals surface area contributed by atoms with E-state index < -0.39 is 30.4 Å². The van der Waals surface area contributed by atoms with Gasteiger partial charge in [0, 0.05) is 0 Å². The van der Waals surface area contributed by atoms with Gasteiger partial charge in [-0.15, -0.1) is 0 Å². The number of unbranched alkanes of at least 4 members (excludes halogenated alkanes) is 4. The van der Waals surface area contributed by atoms with Crippen molar-refractivity contribution in [3.05, 3.63) is 35.4 Å². The van der Waals surface area contributed by atoms with Crippen LogP contribution in [0.25, 0.3) is 0 Å². The molecular formula is C30H44BNO10. The van der Waals surface area contributed by atoms with Gasteiger partial charge in [-0.1, -0.05) is 53.4 Å². The second-order valence-corrected chi connectivity index (χ2v) is 11.0. The van der Waals surface area contributed by atoms with Crippen LogP contribution in [0.2, 0.25) is 0 Å². The summed E-state index contributed by atoms with van der Waals surface area (Å²) < 4.78 is 22.9. The summed E-state index contributed by atoms with van der Waals surface area (Å²) in [6.07, 6.45) is 11.1. The van der Waals surface area contributed by atoms with Crippen molar-refractivity contribution in [2.75, 3.05) is 26.2 Å². The Bertz CT molecular complexity index is 1140. The summed E-state index contributed by atoms with van der Waals surface area (Å²) in [4.78, 5) is 22.1. The maximum Gasteiger partial charge on any atom is 0.777 e. The van der Waals surface area contributed by atoms with Gasteiger partial charge >= 0.3 is 18.9 Å². The molecule has 232 valence electrons. The highest BCUT2D eigenvalue weighted by Gasteiger charge is 2.53. The van der Waals surface area contributed by atoms with E-state index in [0.29, 0.717) is 0 Å². The highest BCUT2D eigenvalue weighted by atomic mass is 16.9. The molecular weight excluding hydrogens is 545 g/mol. The van der Waals surface area contributed by atoms with Gasteiger partial charge in [-0.3, -0.25) is 0 Å². The summed E-state index contributed by atoms with van der Waals surface area (Å²) >= 11 is 0. The third kappa shape index (κ3) is 7.73. The SMILES string of the molecule is CCCC[N+](CCCC)(CCCC)CCCC.O=C(O)c1cc(O)c2c(c1)O[B-]1(Oc3cc(C(=O)O)cc(O)c3O1)O2. The normalized spacial score (nSPS) is 14.0. The van der Waals surface area contributed by atoms with E-state index in [-0.39, 0.29) is 34.1 Å². The number of nitrogens with zero attached hydrogens (tertiary/aromatic N) is 1. The number of rotatable bonds is 14. The first-order chi connectivity index (χ1) is 20.0. The fourth-order valence-corrected chi connectivity index (χ4v) is 5.22. The molecule has 0 unspecified atom stereocenters. The van der Waals surface area contributed by atoms with Crippen LogP contribution in [0.4, 0.5) is 0 Å². The predicted octanol–water partition coefficient (Wildman–Crippen LogP) is 6.18. The molecule has 2 aromatic rings. The third-order valence-electron chi connectivity index (χ3n) is 7.58. The minimum atomic E-state index is -3.02. The Morgan fingerprint density at radius 3 is 1.24 bits per heavy atom. The van der Waals surface area contributed by atoms with E-state index in [9.17, 15) is 19.8 Å². The number of hydrogen-bond donors (Lipinski definition) is 4. The van der Waals surface area contributed by atoms with Crippen molar-refractivity contribution >= 4 is 18.9 Å². The van der Waals surface area contributed by atoms with Gasteiger partial charge in [-0.25, -0.2) is 9.59 Å². The number of carboxylic acid groups (broad SMARTS) is 2. The molecule has 42 heavy (non-hydrogen) atoms. The van der Waals surface area contributed by atoms with Crippen molar-refractivity contribution in [1.29, 1.82) is 0 Å². The molecule has 2 aromatic carbocycles. The lowest BCUT2D eigenvalue weighted by Gasteiger charge is -2.39. The number of quaternary nitrogens is 1. The van der Waals surface area contributed by atoms with E-state index >= 15 is 0 Å². The molecule has 12 heteroatoms. The number of hydrogen-bond acceptors (Lipinski definition) is 8. The molecule has 0 bridgehead atoms. The molecule has 0 fully saturated rings. The predicted molar refractivity (Wildman–Crippen MR) is 158 cm³/mol. The first-order valence-electron chi connectivity index (χ1n) is 15.0. The van der Waals surface area contributed by atoms with Crippen molar-refractivity contribution < 1.29 is 53.1 Å². The standard InChI is InChI=1S/C16H36N.C14H8BO10/c1-5-9-13-17(14-10-6-2,15-11-7-3)16-12-8-4;16-7-1-5(13(18)19)3-9-11(7)24-15(22-9)23-10-4-6(14(20)21)2-8(17)12(10)25-15/h5-16H2,1-4H3;1-4,16-17H,(H,18,19)(H,20,21)/q+1;-1. The van der Waals surface area contributed by atoms with E-state index in [0.717, 1.165) is 24.3 Å². The number of fused-ring (bicyclic) bond motifs is 2. The Morgan fingerprint density at radius 1 is 0.619 bits per heavy atom. The molecule has 2 aliphatic rings. The number of carbonyl (C=O) groups is 2. The van der Waals surface area contributed by atoms with Gasteiger partial charge in [0.05, 0.1) is 37.3 Å². The van der Waals surface area contributed by atoms with Gasteiger partial charge in [0.25, 0.3) is 0 Å². The van der Waals surface area contributed by atoms with Crippen LogP contribution in [0.1, 0.15) is 99.8 Å². The van der Waals surface area contributed by atoms with E-state index in [1.807, 2.05) is 0 Å². The smallest absolute Gasteiger partial charge is 0.609 e. The monoisotopic (exact) mass is 589 g/mol. The van der Waals surface area contributed by atoms with Gasteiger partial charge in [0.2, 0.25) is 0 Å². The number of aromatic carboxylic acids is 2. The summed E-state index contributed by atoms with van der Waals surface area (Å²) in [5.41, 5.74) is -0.501. The molecule has 0 amide bonds. The van der Waals surface area contributed by atoms with Crippen LogP contribution in [0.15, 0.2) is 24.3 Å². The zero-order valence-corrected chi connectivity index (χ0v) is 25.1. The number of phenolic OH excluding ortho intramolecular Hbond substituents is 2. The second-order valence-electron chi connectivity index (χ2n) is 11.0. The first-order valence-corrected chi connectivity index (χ1v) is 15.0. The van der Waals surface area contributed by atoms with E-state index in [1.54, 1.807) is 0 Å². The molecule has 1 spiro atoms. The Kier molecular flexibility index (Phi) is 11.2. The van der Waals surface area contributed by atoms with E-state index in [4.69, 9.17) is 28.8 Å². The molecule has 4 rings (SSSR count). The van der Waals surface area contributed by atoms with Crippen molar-refractivity contribution in [2.24, 2.45) is 0 Å². The highest BCUT2D eigenvalue weighted by Crippen LogP contribution is 2.51. The summed E-state index contributed by atoms with van der Waals surface area (Å²) in [6.45, 7) is 12.0. The average Bonchev–Trinajstić information content (AvgIpc) is 3.51. The van der Waals surface area contributed by atoms with Gasteiger partial charge in [0.15, 0.2) is 23.0 Å². The van der Waals surface area contributed by atoms with Crippen molar-refractivity contribution in [3.8, 4) is 34.5 Å². The third-order valence-corrected chi connectivity index (χ3v) is 7.58.